The highest BCUT2D eigenvalue weighted by Gasteiger charge is 2.24. The predicted octanol–water partition coefficient (Wildman–Crippen LogP) is 16.1. The molecule has 60 heavy (non-hydrogen) atoms. The molecule has 1 heterocycles. The van der Waals surface area contributed by atoms with E-state index in [0.29, 0.717) is 0 Å². The van der Waals surface area contributed by atoms with E-state index in [1.165, 1.54) is 60.4 Å². The number of hydrogen-bond donors (Lipinski definition) is 0. The van der Waals surface area contributed by atoms with Gasteiger partial charge in [0, 0.05) is 27.7 Å². The summed E-state index contributed by atoms with van der Waals surface area (Å²) < 4.78 is 2.40. The van der Waals surface area contributed by atoms with Gasteiger partial charge in [0.2, 0.25) is 0 Å². The molecule has 0 aliphatic carbocycles. The van der Waals surface area contributed by atoms with Crippen LogP contribution in [0.4, 0.5) is 17.1 Å². The van der Waals surface area contributed by atoms with Gasteiger partial charge in [-0.25, -0.2) is 0 Å². The van der Waals surface area contributed by atoms with Gasteiger partial charge >= 0.3 is 0 Å². The number of nitrogens with zero attached hydrogens (tertiary/aromatic N) is 2. The van der Waals surface area contributed by atoms with Gasteiger partial charge in [0.15, 0.2) is 0 Å². The Morgan fingerprint density at radius 1 is 0.300 bits per heavy atom. The number of aromatic nitrogens is 1. The highest BCUT2D eigenvalue weighted by molar-refractivity contribution is 6.17. The Bertz CT molecular complexity index is 3290. The maximum atomic E-state index is 2.49. The van der Waals surface area contributed by atoms with Gasteiger partial charge in [0.05, 0.1) is 22.4 Å². The molecule has 10 aromatic carbocycles. The van der Waals surface area contributed by atoms with Crippen LogP contribution >= 0.6 is 0 Å². The predicted molar refractivity (Wildman–Crippen MR) is 255 cm³/mol. The molecule has 0 saturated carbocycles. The van der Waals surface area contributed by atoms with Crippen molar-refractivity contribution in [2.24, 2.45) is 0 Å². The maximum absolute atomic E-state index is 2.49. The average Bonchev–Trinajstić information content (AvgIpc) is 3.68. The van der Waals surface area contributed by atoms with Crippen molar-refractivity contribution in [3.05, 3.63) is 243 Å². The smallest absolute Gasteiger partial charge is 0.0562 e. The summed E-state index contributed by atoms with van der Waals surface area (Å²) in [5.74, 6) is 0. The standard InChI is InChI=1S/C58H40N2/c1-4-18-41(19-5-1)42-34-36-45(37-35-42)49-27-12-14-30-54(49)60(57-33-17-32-56-58(57)52-28-13-15-31-55(52)59(56)46-24-8-3-9-25-46)47-38-39-51(53(40-47)44-20-6-2-7-21-44)50-29-16-23-43-22-10-11-26-48(43)50/h1-40H. The minimum atomic E-state index is 1.08. The number of rotatable bonds is 8. The van der Waals surface area contributed by atoms with Gasteiger partial charge in [0.25, 0.3) is 0 Å². The van der Waals surface area contributed by atoms with E-state index in [4.69, 9.17) is 0 Å². The molecule has 11 aromatic rings. The zero-order valence-electron chi connectivity index (χ0n) is 33.0. The van der Waals surface area contributed by atoms with E-state index in [-0.39, 0.29) is 0 Å². The van der Waals surface area contributed by atoms with Gasteiger partial charge in [0.1, 0.15) is 0 Å². The zero-order chi connectivity index (χ0) is 39.8. The SMILES string of the molecule is c1ccc(-c2ccc(-c3ccccc3N(c3ccc(-c4cccc5ccccc45)c(-c4ccccc4)c3)c3cccc4c3c3ccccc3n4-c3ccccc3)cc2)cc1. The number of para-hydroxylation sites is 3. The van der Waals surface area contributed by atoms with Crippen LogP contribution in [0.3, 0.4) is 0 Å². The first-order chi connectivity index (χ1) is 29.8. The Hall–Kier alpha value is -7.94. The van der Waals surface area contributed by atoms with Crippen LogP contribution in [-0.4, -0.2) is 4.57 Å². The second-order valence-electron chi connectivity index (χ2n) is 15.3. The van der Waals surface area contributed by atoms with Gasteiger partial charge in [-0.2, -0.15) is 0 Å². The molecule has 0 N–H and O–H groups in total. The summed E-state index contributed by atoms with van der Waals surface area (Å²) in [5.41, 5.74) is 16.2. The molecular formula is C58H40N2. The molecule has 0 aliphatic heterocycles. The largest absolute Gasteiger partial charge is 0.309 e. The van der Waals surface area contributed by atoms with Crippen molar-refractivity contribution in [1.82, 2.24) is 4.57 Å². The molecule has 0 aliphatic rings. The topological polar surface area (TPSA) is 8.17 Å². The van der Waals surface area contributed by atoms with Crippen molar-refractivity contribution in [3.63, 3.8) is 0 Å². The Labute approximate surface area is 350 Å². The van der Waals surface area contributed by atoms with Crippen LogP contribution in [0.1, 0.15) is 0 Å². The number of fused-ring (bicyclic) bond motifs is 4. The van der Waals surface area contributed by atoms with Crippen LogP contribution < -0.4 is 4.90 Å². The van der Waals surface area contributed by atoms with E-state index in [1.807, 2.05) is 0 Å². The molecule has 0 fully saturated rings. The van der Waals surface area contributed by atoms with Crippen molar-refractivity contribution < 1.29 is 0 Å². The summed E-state index contributed by atoms with van der Waals surface area (Å²) in [5, 5.41) is 4.88. The summed E-state index contributed by atoms with van der Waals surface area (Å²) >= 11 is 0. The minimum absolute atomic E-state index is 1.08. The Morgan fingerprint density at radius 2 is 0.833 bits per heavy atom. The fraction of sp³-hybridized carbons (Fsp3) is 0. The molecule has 2 heteroatoms. The average molecular weight is 765 g/mol. The first kappa shape index (κ1) is 35.2. The molecule has 0 radical (unpaired) electrons. The minimum Gasteiger partial charge on any atom is -0.309 e. The fourth-order valence-electron chi connectivity index (χ4n) is 9.06. The van der Waals surface area contributed by atoms with Crippen LogP contribution in [0.2, 0.25) is 0 Å². The first-order valence-electron chi connectivity index (χ1n) is 20.6. The number of hydrogen-bond acceptors (Lipinski definition) is 1. The van der Waals surface area contributed by atoms with Gasteiger partial charge in [-0.1, -0.05) is 194 Å². The fourth-order valence-corrected chi connectivity index (χ4v) is 9.06. The molecule has 0 atom stereocenters. The third-order valence-corrected chi connectivity index (χ3v) is 11.8. The summed E-state index contributed by atoms with van der Waals surface area (Å²) in [6, 6.07) is 88.0. The lowest BCUT2D eigenvalue weighted by atomic mass is 9.90. The Balaban J connectivity index is 1.19. The maximum Gasteiger partial charge on any atom is 0.0562 e. The summed E-state index contributed by atoms with van der Waals surface area (Å²) in [6.45, 7) is 0. The highest BCUT2D eigenvalue weighted by Crippen LogP contribution is 2.48. The highest BCUT2D eigenvalue weighted by atomic mass is 15.2. The lowest BCUT2D eigenvalue weighted by Crippen LogP contribution is -2.12. The molecule has 11 rings (SSSR count). The molecule has 2 nitrogen and oxygen atoms in total. The summed E-state index contributed by atoms with van der Waals surface area (Å²) in [7, 11) is 0. The van der Waals surface area contributed by atoms with Crippen molar-refractivity contribution in [2.45, 2.75) is 0 Å². The van der Waals surface area contributed by atoms with E-state index in [2.05, 4.69) is 252 Å². The van der Waals surface area contributed by atoms with Crippen molar-refractivity contribution in [3.8, 4) is 50.2 Å². The van der Waals surface area contributed by atoms with Crippen LogP contribution in [0.5, 0.6) is 0 Å². The molecule has 0 amide bonds. The molecule has 0 bridgehead atoms. The molecular weight excluding hydrogens is 725 g/mol. The van der Waals surface area contributed by atoms with E-state index >= 15 is 0 Å². The van der Waals surface area contributed by atoms with E-state index in [9.17, 15) is 0 Å². The quantitative estimate of drug-likeness (QED) is 0.150. The monoisotopic (exact) mass is 764 g/mol. The third-order valence-electron chi connectivity index (χ3n) is 11.8. The molecule has 282 valence electrons. The van der Waals surface area contributed by atoms with Crippen LogP contribution in [0.25, 0.3) is 82.8 Å². The third kappa shape index (κ3) is 6.14. The Morgan fingerprint density at radius 3 is 1.63 bits per heavy atom. The van der Waals surface area contributed by atoms with Gasteiger partial charge < -0.3 is 9.47 Å². The number of anilines is 3. The van der Waals surface area contributed by atoms with Crippen LogP contribution in [-0.2, 0) is 0 Å². The van der Waals surface area contributed by atoms with Crippen LogP contribution in [0.15, 0.2) is 243 Å². The van der Waals surface area contributed by atoms with Gasteiger partial charge in [-0.3, -0.25) is 0 Å². The second-order valence-corrected chi connectivity index (χ2v) is 15.3. The summed E-state index contributed by atoms with van der Waals surface area (Å²) in [4.78, 5) is 2.49. The molecule has 0 saturated heterocycles. The lowest BCUT2D eigenvalue weighted by Gasteiger charge is -2.30. The van der Waals surface area contributed by atoms with Gasteiger partial charge in [-0.15, -0.1) is 0 Å². The van der Waals surface area contributed by atoms with Crippen molar-refractivity contribution >= 4 is 49.6 Å². The van der Waals surface area contributed by atoms with Crippen molar-refractivity contribution in [1.29, 1.82) is 0 Å². The second kappa shape index (κ2) is 15.1. The zero-order valence-corrected chi connectivity index (χ0v) is 33.0. The first-order valence-corrected chi connectivity index (χ1v) is 20.6. The van der Waals surface area contributed by atoms with Crippen LogP contribution in [0, 0.1) is 0 Å². The van der Waals surface area contributed by atoms with Crippen molar-refractivity contribution in [2.75, 3.05) is 4.90 Å². The van der Waals surface area contributed by atoms with E-state index in [0.717, 1.165) is 39.4 Å². The number of benzene rings is 10. The van der Waals surface area contributed by atoms with Gasteiger partial charge in [-0.05, 0) is 98.2 Å². The molecule has 0 spiro atoms. The normalized spacial score (nSPS) is 11.3. The van der Waals surface area contributed by atoms with E-state index < -0.39 is 0 Å². The van der Waals surface area contributed by atoms with E-state index in [1.54, 1.807) is 0 Å². The summed E-state index contributed by atoms with van der Waals surface area (Å²) in [6.07, 6.45) is 0. The Kier molecular flexibility index (Phi) is 8.87. The molecule has 1 aromatic heterocycles. The molecule has 0 unspecified atom stereocenters. The lowest BCUT2D eigenvalue weighted by molar-refractivity contribution is 1.18.